The predicted molar refractivity (Wildman–Crippen MR) is 55.6 cm³/mol. The van der Waals surface area contributed by atoms with Crippen LogP contribution in [0.5, 0.6) is 0 Å². The number of halogens is 1. The first-order valence-electron chi connectivity index (χ1n) is 4.04. The van der Waals surface area contributed by atoms with Crippen LogP contribution in [0.25, 0.3) is 0 Å². The summed E-state index contributed by atoms with van der Waals surface area (Å²) in [4.78, 5) is 0. The fraction of sp³-hybridized carbons (Fsp3) is 0.300. The van der Waals surface area contributed by atoms with Gasteiger partial charge in [0, 0.05) is 6.04 Å². The van der Waals surface area contributed by atoms with E-state index in [0.717, 1.165) is 12.0 Å². The summed E-state index contributed by atoms with van der Waals surface area (Å²) < 4.78 is 0. The molecule has 0 amide bonds. The summed E-state index contributed by atoms with van der Waals surface area (Å²) in [5, 5.41) is 8.76. The van der Waals surface area contributed by atoms with Gasteiger partial charge in [-0.05, 0) is 18.1 Å². The van der Waals surface area contributed by atoms with Gasteiger partial charge in [0.2, 0.25) is 0 Å². The Kier molecular flexibility index (Phi) is 5.13. The van der Waals surface area contributed by atoms with Crippen LogP contribution in [-0.4, -0.2) is 0 Å². The maximum Gasteiger partial charge on any atom is 0.0995 e. The molecule has 0 aromatic heterocycles. The van der Waals surface area contributed by atoms with Crippen molar-refractivity contribution in [3.05, 3.63) is 35.4 Å². The lowest BCUT2D eigenvalue weighted by Crippen LogP contribution is -2.10. The number of rotatable bonds is 2. The molecule has 0 fully saturated rings. The Bertz CT molecular complexity index is 304. The minimum Gasteiger partial charge on any atom is -0.324 e. The van der Waals surface area contributed by atoms with Gasteiger partial charge in [0.25, 0.3) is 0 Å². The zero-order valence-corrected chi connectivity index (χ0v) is 8.34. The average molecular weight is 197 g/mol. The molecule has 70 valence electrons. The van der Waals surface area contributed by atoms with Crippen molar-refractivity contribution in [2.45, 2.75) is 19.4 Å². The zero-order valence-electron chi connectivity index (χ0n) is 7.53. The molecule has 0 aliphatic rings. The summed E-state index contributed by atoms with van der Waals surface area (Å²) in [5.74, 6) is 0. The molecule has 0 aliphatic carbocycles. The van der Waals surface area contributed by atoms with Crippen LogP contribution in [0.2, 0.25) is 0 Å². The van der Waals surface area contributed by atoms with E-state index >= 15 is 0 Å². The third-order valence-corrected chi connectivity index (χ3v) is 1.92. The topological polar surface area (TPSA) is 49.8 Å². The van der Waals surface area contributed by atoms with Crippen LogP contribution in [0.1, 0.15) is 30.5 Å². The van der Waals surface area contributed by atoms with Crippen LogP contribution in [0, 0.1) is 11.3 Å². The lowest BCUT2D eigenvalue weighted by molar-refractivity contribution is 0.697. The number of benzene rings is 1. The second-order valence-corrected chi connectivity index (χ2v) is 2.71. The van der Waals surface area contributed by atoms with E-state index in [-0.39, 0.29) is 18.4 Å². The van der Waals surface area contributed by atoms with Crippen LogP contribution < -0.4 is 5.73 Å². The van der Waals surface area contributed by atoms with Gasteiger partial charge in [-0.15, -0.1) is 12.4 Å². The minimum absolute atomic E-state index is 0. The van der Waals surface area contributed by atoms with E-state index in [1.54, 1.807) is 6.07 Å². The number of hydrogen-bond acceptors (Lipinski definition) is 2. The van der Waals surface area contributed by atoms with Crippen molar-refractivity contribution in [2.75, 3.05) is 0 Å². The van der Waals surface area contributed by atoms with Crippen molar-refractivity contribution in [3.63, 3.8) is 0 Å². The summed E-state index contributed by atoms with van der Waals surface area (Å²) in [7, 11) is 0. The Balaban J connectivity index is 0.00000144. The van der Waals surface area contributed by atoms with Crippen LogP contribution in [0.3, 0.4) is 0 Å². The first-order chi connectivity index (χ1) is 5.79. The summed E-state index contributed by atoms with van der Waals surface area (Å²) in [6, 6.07) is 9.58. The normalized spacial score (nSPS) is 11.2. The van der Waals surface area contributed by atoms with Crippen molar-refractivity contribution in [1.82, 2.24) is 0 Å². The SMILES string of the molecule is CC[C@H](N)c1ccccc1C#N.Cl. The zero-order chi connectivity index (χ0) is 8.97. The van der Waals surface area contributed by atoms with Crippen LogP contribution >= 0.6 is 12.4 Å². The molecule has 0 saturated carbocycles. The number of nitrogens with zero attached hydrogens (tertiary/aromatic N) is 1. The molecule has 3 heteroatoms. The van der Waals surface area contributed by atoms with Gasteiger partial charge in [-0.3, -0.25) is 0 Å². The monoisotopic (exact) mass is 196 g/mol. The molecular formula is C10H13ClN2. The van der Waals surface area contributed by atoms with Gasteiger partial charge in [0.05, 0.1) is 11.6 Å². The quantitative estimate of drug-likeness (QED) is 0.790. The molecule has 13 heavy (non-hydrogen) atoms. The van der Waals surface area contributed by atoms with Gasteiger partial charge in [0.15, 0.2) is 0 Å². The van der Waals surface area contributed by atoms with E-state index in [1.807, 2.05) is 25.1 Å². The van der Waals surface area contributed by atoms with Crippen LogP contribution in [0.4, 0.5) is 0 Å². The summed E-state index contributed by atoms with van der Waals surface area (Å²) in [6.07, 6.45) is 0.860. The second-order valence-electron chi connectivity index (χ2n) is 2.71. The van der Waals surface area contributed by atoms with Crippen LogP contribution in [0.15, 0.2) is 24.3 Å². The Morgan fingerprint density at radius 3 is 2.62 bits per heavy atom. The van der Waals surface area contributed by atoms with E-state index in [4.69, 9.17) is 11.0 Å². The van der Waals surface area contributed by atoms with Gasteiger partial charge < -0.3 is 5.73 Å². The van der Waals surface area contributed by atoms with Gasteiger partial charge in [-0.1, -0.05) is 25.1 Å². The first-order valence-corrected chi connectivity index (χ1v) is 4.04. The fourth-order valence-corrected chi connectivity index (χ4v) is 1.14. The molecular weight excluding hydrogens is 184 g/mol. The lowest BCUT2D eigenvalue weighted by Gasteiger charge is -2.09. The molecule has 0 heterocycles. The number of hydrogen-bond donors (Lipinski definition) is 1. The maximum absolute atomic E-state index is 8.76. The lowest BCUT2D eigenvalue weighted by atomic mass is 10.0. The average Bonchev–Trinajstić information content (AvgIpc) is 2.16. The summed E-state index contributed by atoms with van der Waals surface area (Å²) in [5.41, 5.74) is 7.45. The number of nitrogens with two attached hydrogens (primary N) is 1. The molecule has 0 aliphatic heterocycles. The Labute approximate surface area is 84.8 Å². The molecule has 0 saturated heterocycles. The van der Waals surface area contributed by atoms with Gasteiger partial charge in [0.1, 0.15) is 0 Å². The molecule has 1 atom stereocenters. The highest BCUT2D eigenvalue weighted by Crippen LogP contribution is 2.17. The third kappa shape index (κ3) is 2.73. The highest BCUT2D eigenvalue weighted by Gasteiger charge is 2.06. The van der Waals surface area contributed by atoms with E-state index in [9.17, 15) is 0 Å². The van der Waals surface area contributed by atoms with Crippen molar-refractivity contribution in [1.29, 1.82) is 5.26 Å². The largest absolute Gasteiger partial charge is 0.324 e. The van der Waals surface area contributed by atoms with E-state index < -0.39 is 0 Å². The molecule has 0 unspecified atom stereocenters. The van der Waals surface area contributed by atoms with Crippen molar-refractivity contribution in [2.24, 2.45) is 5.73 Å². The van der Waals surface area contributed by atoms with Gasteiger partial charge in [-0.25, -0.2) is 0 Å². The van der Waals surface area contributed by atoms with Crippen molar-refractivity contribution < 1.29 is 0 Å². The third-order valence-electron chi connectivity index (χ3n) is 1.92. The van der Waals surface area contributed by atoms with Crippen molar-refractivity contribution >= 4 is 12.4 Å². The van der Waals surface area contributed by atoms with Gasteiger partial charge in [-0.2, -0.15) is 5.26 Å². The fourth-order valence-electron chi connectivity index (χ4n) is 1.14. The second kappa shape index (κ2) is 5.58. The molecule has 1 aromatic carbocycles. The smallest absolute Gasteiger partial charge is 0.0995 e. The van der Waals surface area contributed by atoms with Crippen molar-refractivity contribution in [3.8, 4) is 6.07 Å². The molecule has 2 nitrogen and oxygen atoms in total. The molecule has 1 aromatic rings. The highest BCUT2D eigenvalue weighted by atomic mass is 35.5. The van der Waals surface area contributed by atoms with E-state index in [2.05, 4.69) is 6.07 Å². The molecule has 0 radical (unpaired) electrons. The Hall–Kier alpha value is -1.04. The molecule has 0 spiro atoms. The Morgan fingerprint density at radius 2 is 2.08 bits per heavy atom. The number of nitriles is 1. The molecule has 2 N–H and O–H groups in total. The summed E-state index contributed by atoms with van der Waals surface area (Å²) >= 11 is 0. The maximum atomic E-state index is 8.76. The predicted octanol–water partition coefficient (Wildman–Crippen LogP) is 2.39. The Morgan fingerprint density at radius 1 is 1.46 bits per heavy atom. The first kappa shape index (κ1) is 12.0. The molecule has 0 bridgehead atoms. The highest BCUT2D eigenvalue weighted by molar-refractivity contribution is 5.85. The minimum atomic E-state index is -0.0131. The summed E-state index contributed by atoms with van der Waals surface area (Å²) in [6.45, 7) is 2.01. The van der Waals surface area contributed by atoms with Gasteiger partial charge >= 0.3 is 0 Å². The van der Waals surface area contributed by atoms with Crippen LogP contribution in [-0.2, 0) is 0 Å². The standard InChI is InChI=1S/C10H12N2.ClH/c1-2-10(12)9-6-4-3-5-8(9)7-11;/h3-6,10H,2,12H2,1H3;1H/t10-;/m0./s1. The van der Waals surface area contributed by atoms with E-state index in [1.165, 1.54) is 0 Å². The van der Waals surface area contributed by atoms with E-state index in [0.29, 0.717) is 5.56 Å². The molecule has 1 rings (SSSR count).